The normalized spacial score (nSPS) is 10.7. The molecule has 0 atom stereocenters. The highest BCUT2D eigenvalue weighted by Gasteiger charge is 2.13. The third-order valence-corrected chi connectivity index (χ3v) is 4.02. The first-order valence-corrected chi connectivity index (χ1v) is 7.41. The largest absolute Gasteiger partial charge is 0.374 e. The number of rotatable bonds is 3. The monoisotopic (exact) mass is 298 g/mol. The summed E-state index contributed by atoms with van der Waals surface area (Å²) in [6.45, 7) is 2.54. The van der Waals surface area contributed by atoms with Crippen molar-refractivity contribution in [3.63, 3.8) is 0 Å². The third kappa shape index (κ3) is 2.45. The van der Waals surface area contributed by atoms with Crippen molar-refractivity contribution in [2.75, 3.05) is 5.73 Å². The minimum Gasteiger partial charge on any atom is -0.374 e. The summed E-state index contributed by atoms with van der Waals surface area (Å²) < 4.78 is 1.74. The van der Waals surface area contributed by atoms with Crippen molar-refractivity contribution >= 4 is 16.5 Å². The maximum absolute atomic E-state index is 12.7. The summed E-state index contributed by atoms with van der Waals surface area (Å²) in [5.41, 5.74) is 7.96. The van der Waals surface area contributed by atoms with Crippen LogP contribution in [0.5, 0.6) is 0 Å². The number of nitrogen functional groups attached to an aromatic ring is 1. The minimum atomic E-state index is -0.0741. The molecule has 6 heteroatoms. The lowest BCUT2D eigenvalue weighted by atomic mass is 10.1. The summed E-state index contributed by atoms with van der Waals surface area (Å²) in [6, 6.07) is 13.6. The second-order valence-corrected chi connectivity index (χ2v) is 5.50. The molecule has 2 heterocycles. The number of benzene rings is 1. The Labute approximate surface area is 125 Å². The SMILES string of the molecule is CCn1c(-c2ccccc2)ccc(-c2nnc(N)s2)c1=O. The molecule has 3 aromatic rings. The summed E-state index contributed by atoms with van der Waals surface area (Å²) in [5, 5.41) is 8.64. The van der Waals surface area contributed by atoms with Gasteiger partial charge in [0, 0.05) is 6.54 Å². The molecule has 0 bridgehead atoms. The Bertz CT molecular complexity index is 823. The molecule has 3 rings (SSSR count). The van der Waals surface area contributed by atoms with E-state index in [0.717, 1.165) is 11.3 Å². The summed E-state index contributed by atoms with van der Waals surface area (Å²) in [4.78, 5) is 12.7. The van der Waals surface area contributed by atoms with E-state index in [1.54, 1.807) is 10.6 Å². The Morgan fingerprint density at radius 3 is 2.52 bits per heavy atom. The molecule has 106 valence electrons. The predicted molar refractivity (Wildman–Crippen MR) is 85.1 cm³/mol. The van der Waals surface area contributed by atoms with Gasteiger partial charge in [-0.25, -0.2) is 0 Å². The molecule has 0 unspecified atom stereocenters. The summed E-state index contributed by atoms with van der Waals surface area (Å²) >= 11 is 1.22. The van der Waals surface area contributed by atoms with E-state index in [1.165, 1.54) is 11.3 Å². The van der Waals surface area contributed by atoms with E-state index in [-0.39, 0.29) is 5.56 Å². The van der Waals surface area contributed by atoms with Gasteiger partial charge in [0.25, 0.3) is 5.56 Å². The number of anilines is 1. The van der Waals surface area contributed by atoms with Crippen molar-refractivity contribution in [1.82, 2.24) is 14.8 Å². The van der Waals surface area contributed by atoms with E-state index in [9.17, 15) is 4.79 Å². The Balaban J connectivity index is 2.19. The van der Waals surface area contributed by atoms with Crippen molar-refractivity contribution in [2.24, 2.45) is 0 Å². The van der Waals surface area contributed by atoms with Crippen LogP contribution in [0.1, 0.15) is 6.92 Å². The van der Waals surface area contributed by atoms with Crippen molar-refractivity contribution in [3.8, 4) is 21.8 Å². The van der Waals surface area contributed by atoms with Gasteiger partial charge in [0.05, 0.1) is 11.3 Å². The molecule has 21 heavy (non-hydrogen) atoms. The fraction of sp³-hybridized carbons (Fsp3) is 0.133. The zero-order valence-electron chi connectivity index (χ0n) is 11.5. The first-order valence-electron chi connectivity index (χ1n) is 6.59. The van der Waals surface area contributed by atoms with Gasteiger partial charge in [-0.1, -0.05) is 41.7 Å². The van der Waals surface area contributed by atoms with Crippen LogP contribution in [0.3, 0.4) is 0 Å². The van der Waals surface area contributed by atoms with Gasteiger partial charge in [-0.15, -0.1) is 10.2 Å². The fourth-order valence-corrected chi connectivity index (χ4v) is 2.89. The summed E-state index contributed by atoms with van der Waals surface area (Å²) in [7, 11) is 0. The second-order valence-electron chi connectivity index (χ2n) is 4.49. The van der Waals surface area contributed by atoms with Gasteiger partial charge in [0.2, 0.25) is 5.13 Å². The zero-order chi connectivity index (χ0) is 14.8. The highest BCUT2D eigenvalue weighted by atomic mass is 32.1. The average Bonchev–Trinajstić information content (AvgIpc) is 2.94. The highest BCUT2D eigenvalue weighted by molar-refractivity contribution is 7.18. The summed E-state index contributed by atoms with van der Waals surface area (Å²) in [6.07, 6.45) is 0. The van der Waals surface area contributed by atoms with E-state index in [4.69, 9.17) is 5.73 Å². The molecule has 0 fully saturated rings. The van der Waals surface area contributed by atoms with E-state index in [0.29, 0.717) is 22.2 Å². The molecule has 0 amide bonds. The minimum absolute atomic E-state index is 0.0741. The number of pyridine rings is 1. The van der Waals surface area contributed by atoms with Crippen LogP contribution < -0.4 is 11.3 Å². The third-order valence-electron chi connectivity index (χ3n) is 3.23. The molecule has 0 saturated heterocycles. The van der Waals surface area contributed by atoms with Gasteiger partial charge in [-0.2, -0.15) is 0 Å². The molecule has 5 nitrogen and oxygen atoms in total. The van der Waals surface area contributed by atoms with Crippen LogP contribution in [0.15, 0.2) is 47.3 Å². The Morgan fingerprint density at radius 2 is 1.90 bits per heavy atom. The molecule has 0 spiro atoms. The topological polar surface area (TPSA) is 73.8 Å². The van der Waals surface area contributed by atoms with Crippen LogP contribution in [0.4, 0.5) is 5.13 Å². The van der Waals surface area contributed by atoms with Crippen molar-refractivity contribution in [3.05, 3.63) is 52.8 Å². The molecule has 0 aliphatic heterocycles. The van der Waals surface area contributed by atoms with Gasteiger partial charge >= 0.3 is 0 Å². The average molecular weight is 298 g/mol. The lowest BCUT2D eigenvalue weighted by molar-refractivity contribution is 0.737. The molecule has 1 aromatic carbocycles. The molecule has 0 aliphatic carbocycles. The lowest BCUT2D eigenvalue weighted by Gasteiger charge is -2.12. The Kier molecular flexibility index (Phi) is 3.53. The maximum Gasteiger partial charge on any atom is 0.261 e. The molecule has 0 aliphatic rings. The van der Waals surface area contributed by atoms with Gasteiger partial charge in [0.15, 0.2) is 5.01 Å². The number of aromatic nitrogens is 3. The molecule has 2 aromatic heterocycles. The molecule has 0 radical (unpaired) electrons. The molecule has 2 N–H and O–H groups in total. The standard InChI is InChI=1S/C15H14N4OS/c1-2-19-12(10-6-4-3-5-7-10)9-8-11(14(19)20)13-17-18-15(16)21-13/h3-9H,2H2,1H3,(H2,16,18). The fourth-order valence-electron chi connectivity index (χ4n) is 2.26. The number of nitrogens with two attached hydrogens (primary N) is 1. The van der Waals surface area contributed by atoms with E-state index < -0.39 is 0 Å². The van der Waals surface area contributed by atoms with Crippen LogP contribution in [0.25, 0.3) is 21.8 Å². The maximum atomic E-state index is 12.7. The van der Waals surface area contributed by atoms with E-state index in [1.807, 2.05) is 43.3 Å². The predicted octanol–water partition coefficient (Wildman–Crippen LogP) is 2.64. The quantitative estimate of drug-likeness (QED) is 0.806. The smallest absolute Gasteiger partial charge is 0.261 e. The van der Waals surface area contributed by atoms with E-state index in [2.05, 4.69) is 10.2 Å². The number of nitrogens with zero attached hydrogens (tertiary/aromatic N) is 3. The first kappa shape index (κ1) is 13.5. The van der Waals surface area contributed by atoms with Gasteiger partial charge in [-0.3, -0.25) is 4.79 Å². The Morgan fingerprint density at radius 1 is 1.14 bits per heavy atom. The van der Waals surface area contributed by atoms with Crippen LogP contribution in [0, 0.1) is 0 Å². The second kappa shape index (κ2) is 5.49. The van der Waals surface area contributed by atoms with Crippen LogP contribution in [-0.2, 0) is 6.54 Å². The van der Waals surface area contributed by atoms with Crippen molar-refractivity contribution in [2.45, 2.75) is 13.5 Å². The molecule has 0 saturated carbocycles. The highest BCUT2D eigenvalue weighted by Crippen LogP contribution is 2.24. The lowest BCUT2D eigenvalue weighted by Crippen LogP contribution is -2.22. The van der Waals surface area contributed by atoms with E-state index >= 15 is 0 Å². The van der Waals surface area contributed by atoms with Gasteiger partial charge < -0.3 is 10.3 Å². The number of hydrogen-bond donors (Lipinski definition) is 1. The molecular formula is C15H14N4OS. The van der Waals surface area contributed by atoms with Crippen LogP contribution in [-0.4, -0.2) is 14.8 Å². The zero-order valence-corrected chi connectivity index (χ0v) is 12.3. The van der Waals surface area contributed by atoms with Gasteiger partial charge in [-0.05, 0) is 24.6 Å². The van der Waals surface area contributed by atoms with Crippen LogP contribution >= 0.6 is 11.3 Å². The van der Waals surface area contributed by atoms with Crippen molar-refractivity contribution < 1.29 is 0 Å². The molecular weight excluding hydrogens is 284 g/mol. The van der Waals surface area contributed by atoms with Crippen molar-refractivity contribution in [1.29, 1.82) is 0 Å². The summed E-state index contributed by atoms with van der Waals surface area (Å²) in [5.74, 6) is 0. The first-order chi connectivity index (χ1) is 10.2. The van der Waals surface area contributed by atoms with Gasteiger partial charge in [0.1, 0.15) is 0 Å². The Hall–Kier alpha value is -2.47. The van der Waals surface area contributed by atoms with Crippen LogP contribution in [0.2, 0.25) is 0 Å². The number of hydrogen-bond acceptors (Lipinski definition) is 5.